The van der Waals surface area contributed by atoms with Crippen LogP contribution in [-0.4, -0.2) is 30.4 Å². The lowest BCUT2D eigenvalue weighted by Crippen LogP contribution is -2.39. The summed E-state index contributed by atoms with van der Waals surface area (Å²) in [4.78, 5) is 0. The summed E-state index contributed by atoms with van der Waals surface area (Å²) in [6.07, 6.45) is 7.49. The van der Waals surface area contributed by atoms with E-state index in [0.717, 1.165) is 37.7 Å². The molecule has 0 N–H and O–H groups in total. The predicted octanol–water partition coefficient (Wildman–Crippen LogP) is 3.95. The van der Waals surface area contributed by atoms with E-state index in [9.17, 15) is 0 Å². The topological polar surface area (TPSA) is 36.9 Å². The molecule has 1 saturated carbocycles. The fourth-order valence-corrected chi connectivity index (χ4v) is 4.05. The monoisotopic (exact) mass is 330 g/mol. The van der Waals surface area contributed by atoms with Crippen molar-refractivity contribution in [1.29, 1.82) is 0 Å². The van der Waals surface area contributed by atoms with E-state index in [1.54, 1.807) is 0 Å². The molecule has 0 amide bonds. The Bertz CT molecular complexity index is 552. The molecule has 0 unspecified atom stereocenters. The average Bonchev–Trinajstić information content (AvgIpc) is 3.09. The predicted molar refractivity (Wildman–Crippen MR) is 90.3 cm³/mol. The first-order chi connectivity index (χ1) is 11.8. The molecule has 24 heavy (non-hydrogen) atoms. The van der Waals surface area contributed by atoms with Crippen LogP contribution in [0.5, 0.6) is 0 Å². The van der Waals surface area contributed by atoms with Gasteiger partial charge < -0.3 is 18.9 Å². The molecular weight excluding hydrogens is 304 g/mol. The summed E-state index contributed by atoms with van der Waals surface area (Å²) in [5, 5.41) is 0. The third kappa shape index (κ3) is 3.16. The second kappa shape index (κ2) is 6.96. The second-order valence-corrected chi connectivity index (χ2v) is 7.00. The highest BCUT2D eigenvalue weighted by Gasteiger charge is 2.57. The molecule has 1 aromatic rings. The van der Waals surface area contributed by atoms with Crippen molar-refractivity contribution < 1.29 is 18.9 Å². The molecule has 2 heterocycles. The van der Waals surface area contributed by atoms with E-state index in [0.29, 0.717) is 6.61 Å². The van der Waals surface area contributed by atoms with Crippen LogP contribution in [0.1, 0.15) is 44.1 Å². The van der Waals surface area contributed by atoms with Gasteiger partial charge in [-0.05, 0) is 24.8 Å². The van der Waals surface area contributed by atoms with E-state index in [-0.39, 0.29) is 24.6 Å². The molecule has 4 nitrogen and oxygen atoms in total. The van der Waals surface area contributed by atoms with Gasteiger partial charge in [-0.3, -0.25) is 0 Å². The van der Waals surface area contributed by atoms with Crippen LogP contribution in [0.2, 0.25) is 0 Å². The molecule has 4 rings (SSSR count). The average molecular weight is 330 g/mol. The quantitative estimate of drug-likeness (QED) is 0.766. The summed E-state index contributed by atoms with van der Waals surface area (Å²) < 4.78 is 24.9. The first kappa shape index (κ1) is 16.3. The maximum absolute atomic E-state index is 6.38. The molecule has 2 aliphatic heterocycles. The summed E-state index contributed by atoms with van der Waals surface area (Å²) >= 11 is 0. The van der Waals surface area contributed by atoms with Gasteiger partial charge in [-0.15, -0.1) is 6.58 Å². The van der Waals surface area contributed by atoms with Gasteiger partial charge in [-0.1, -0.05) is 42.8 Å². The first-order valence-corrected chi connectivity index (χ1v) is 9.07. The smallest absolute Gasteiger partial charge is 0.190 e. The number of hydrogen-bond acceptors (Lipinski definition) is 4. The molecule has 3 aliphatic rings. The van der Waals surface area contributed by atoms with Crippen LogP contribution < -0.4 is 0 Å². The van der Waals surface area contributed by atoms with Crippen molar-refractivity contribution in [2.75, 3.05) is 0 Å². The second-order valence-electron chi connectivity index (χ2n) is 7.00. The SMILES string of the molecule is C=CC[C@H]1O[C@@H]2OC3(CCCCC3)O[C@@H]2[C@H]1OCc1ccccc1. The zero-order valence-electron chi connectivity index (χ0n) is 14.1. The molecule has 1 aliphatic carbocycles. The summed E-state index contributed by atoms with van der Waals surface area (Å²) in [6.45, 7) is 4.39. The van der Waals surface area contributed by atoms with Gasteiger partial charge in [0.1, 0.15) is 12.2 Å². The number of hydrogen-bond donors (Lipinski definition) is 0. The zero-order chi connectivity index (χ0) is 16.4. The van der Waals surface area contributed by atoms with Crippen molar-refractivity contribution in [3.63, 3.8) is 0 Å². The van der Waals surface area contributed by atoms with E-state index < -0.39 is 5.79 Å². The highest BCUT2D eigenvalue weighted by molar-refractivity contribution is 5.13. The van der Waals surface area contributed by atoms with E-state index >= 15 is 0 Å². The van der Waals surface area contributed by atoms with Crippen molar-refractivity contribution >= 4 is 0 Å². The lowest BCUT2D eigenvalue weighted by atomic mass is 9.94. The largest absolute Gasteiger partial charge is 0.368 e. The fourth-order valence-electron chi connectivity index (χ4n) is 4.05. The maximum atomic E-state index is 6.38. The van der Waals surface area contributed by atoms with Crippen LogP contribution >= 0.6 is 0 Å². The van der Waals surface area contributed by atoms with Crippen molar-refractivity contribution in [3.05, 3.63) is 48.6 Å². The number of ether oxygens (including phenoxy) is 4. The fraction of sp³-hybridized carbons (Fsp3) is 0.600. The Hall–Kier alpha value is -1.20. The van der Waals surface area contributed by atoms with Crippen LogP contribution in [0.15, 0.2) is 43.0 Å². The highest BCUT2D eigenvalue weighted by atomic mass is 16.8. The summed E-state index contributed by atoms with van der Waals surface area (Å²) in [5.74, 6) is -0.443. The number of fused-ring (bicyclic) bond motifs is 1. The van der Waals surface area contributed by atoms with Gasteiger partial charge >= 0.3 is 0 Å². The molecule has 130 valence electrons. The molecule has 0 aromatic heterocycles. The van der Waals surface area contributed by atoms with E-state index in [4.69, 9.17) is 18.9 Å². The third-order valence-electron chi connectivity index (χ3n) is 5.25. The van der Waals surface area contributed by atoms with Gasteiger partial charge in [-0.25, -0.2) is 0 Å². The van der Waals surface area contributed by atoms with E-state index in [1.807, 2.05) is 24.3 Å². The summed E-state index contributed by atoms with van der Waals surface area (Å²) in [7, 11) is 0. The van der Waals surface area contributed by atoms with Crippen molar-refractivity contribution in [1.82, 2.24) is 0 Å². The van der Waals surface area contributed by atoms with Gasteiger partial charge in [0.05, 0.1) is 12.7 Å². The van der Waals surface area contributed by atoms with Gasteiger partial charge in [-0.2, -0.15) is 0 Å². The van der Waals surface area contributed by atoms with Crippen molar-refractivity contribution in [3.8, 4) is 0 Å². The zero-order valence-corrected chi connectivity index (χ0v) is 14.1. The molecule has 4 atom stereocenters. The van der Waals surface area contributed by atoms with Gasteiger partial charge in [0.25, 0.3) is 0 Å². The molecule has 4 heteroatoms. The van der Waals surface area contributed by atoms with Crippen LogP contribution in [0.3, 0.4) is 0 Å². The number of benzene rings is 1. The lowest BCUT2D eigenvalue weighted by molar-refractivity contribution is -0.248. The van der Waals surface area contributed by atoms with E-state index in [1.165, 1.54) is 6.42 Å². The molecular formula is C20H26O4. The van der Waals surface area contributed by atoms with Crippen LogP contribution in [-0.2, 0) is 25.6 Å². The van der Waals surface area contributed by atoms with Gasteiger partial charge in [0.15, 0.2) is 12.1 Å². The Morgan fingerprint density at radius 1 is 1.12 bits per heavy atom. The summed E-state index contributed by atoms with van der Waals surface area (Å²) in [5.41, 5.74) is 1.16. The van der Waals surface area contributed by atoms with Crippen LogP contribution in [0.4, 0.5) is 0 Å². The Balaban J connectivity index is 1.45. The normalized spacial score (nSPS) is 34.3. The standard InChI is InChI=1S/C20H26O4/c1-2-9-16-17(21-14-15-10-5-3-6-11-15)18-19(22-16)24-20(23-18)12-7-4-8-13-20/h2-3,5-6,10-11,16-19H,1,4,7-9,12-14H2/t16-,17+,18-,19-/m1/s1. The Kier molecular flexibility index (Phi) is 4.72. The first-order valence-electron chi connectivity index (χ1n) is 9.07. The van der Waals surface area contributed by atoms with Crippen LogP contribution in [0.25, 0.3) is 0 Å². The summed E-state index contributed by atoms with van der Waals surface area (Å²) in [6, 6.07) is 10.2. The van der Waals surface area contributed by atoms with E-state index in [2.05, 4.69) is 18.7 Å². The maximum Gasteiger partial charge on any atom is 0.190 e. The number of rotatable bonds is 5. The Morgan fingerprint density at radius 3 is 2.67 bits per heavy atom. The third-order valence-corrected chi connectivity index (χ3v) is 5.25. The Morgan fingerprint density at radius 2 is 1.92 bits per heavy atom. The Labute approximate surface area is 143 Å². The molecule has 3 fully saturated rings. The lowest BCUT2D eigenvalue weighted by Gasteiger charge is -2.34. The van der Waals surface area contributed by atoms with Gasteiger partial charge in [0, 0.05) is 12.8 Å². The van der Waals surface area contributed by atoms with Gasteiger partial charge in [0.2, 0.25) is 0 Å². The van der Waals surface area contributed by atoms with Crippen molar-refractivity contribution in [2.24, 2.45) is 0 Å². The minimum atomic E-state index is -0.443. The highest BCUT2D eigenvalue weighted by Crippen LogP contribution is 2.46. The minimum absolute atomic E-state index is 0.0536. The van der Waals surface area contributed by atoms with Crippen LogP contribution in [0, 0.1) is 0 Å². The van der Waals surface area contributed by atoms with Crippen molar-refractivity contribution in [2.45, 2.75) is 75.5 Å². The molecule has 0 bridgehead atoms. The molecule has 0 radical (unpaired) electrons. The molecule has 2 saturated heterocycles. The minimum Gasteiger partial charge on any atom is -0.368 e. The molecule has 1 spiro atoms. The molecule has 1 aromatic carbocycles.